The van der Waals surface area contributed by atoms with Gasteiger partial charge < -0.3 is 14.4 Å². The van der Waals surface area contributed by atoms with E-state index in [2.05, 4.69) is 21.6 Å². The van der Waals surface area contributed by atoms with E-state index in [0.717, 1.165) is 35.3 Å². The van der Waals surface area contributed by atoms with Crippen LogP contribution in [0.4, 0.5) is 0 Å². The summed E-state index contributed by atoms with van der Waals surface area (Å²) in [6, 6.07) is 13.4. The Balaban J connectivity index is 1.10. The third kappa shape index (κ3) is 5.80. The van der Waals surface area contributed by atoms with E-state index in [1.807, 2.05) is 60.5 Å². The summed E-state index contributed by atoms with van der Waals surface area (Å²) in [7, 11) is 2.07. The third-order valence-electron chi connectivity index (χ3n) is 8.89. The van der Waals surface area contributed by atoms with Crippen LogP contribution in [0.3, 0.4) is 0 Å². The van der Waals surface area contributed by atoms with E-state index in [1.165, 1.54) is 25.7 Å². The predicted octanol–water partition coefficient (Wildman–Crippen LogP) is 5.29. The molecule has 8 nitrogen and oxygen atoms in total. The Hall–Kier alpha value is -3.52. The maximum atomic E-state index is 13.6. The van der Waals surface area contributed by atoms with Gasteiger partial charge in [-0.15, -0.1) is 0 Å². The largest absolute Gasteiger partial charge is 0.332 e. The highest BCUT2D eigenvalue weighted by Gasteiger charge is 2.32. The summed E-state index contributed by atoms with van der Waals surface area (Å²) >= 11 is 6.17. The molecule has 3 aromatic rings. The number of fused-ring (bicyclic) bond motifs is 1. The Bertz CT molecular complexity index is 1520. The van der Waals surface area contributed by atoms with Gasteiger partial charge in [-0.1, -0.05) is 49.4 Å². The molecular weight excluding hydrogens is 536 g/mol. The highest BCUT2D eigenvalue weighted by molar-refractivity contribution is 6.39. The van der Waals surface area contributed by atoms with Crippen molar-refractivity contribution in [1.29, 1.82) is 0 Å². The Labute approximate surface area is 246 Å². The zero-order valence-electron chi connectivity index (χ0n) is 23.8. The van der Waals surface area contributed by atoms with Crippen molar-refractivity contribution in [2.75, 3.05) is 26.2 Å². The lowest BCUT2D eigenvalue weighted by molar-refractivity contribution is -0.126. The second-order valence-corrected chi connectivity index (χ2v) is 12.1. The molecule has 214 valence electrons. The predicted molar refractivity (Wildman–Crippen MR) is 163 cm³/mol. The molecule has 1 aliphatic carbocycles. The second kappa shape index (κ2) is 11.8. The van der Waals surface area contributed by atoms with E-state index >= 15 is 0 Å². The molecular formula is C32H37ClN6O2. The highest BCUT2D eigenvalue weighted by atomic mass is 35.5. The van der Waals surface area contributed by atoms with E-state index in [1.54, 1.807) is 4.90 Å². The number of nitrogens with zero attached hydrogens (tertiary/aromatic N) is 6. The van der Waals surface area contributed by atoms with Crippen LogP contribution in [0.25, 0.3) is 11.0 Å². The molecule has 0 radical (unpaired) electrons. The minimum absolute atomic E-state index is 0.0244. The van der Waals surface area contributed by atoms with E-state index in [0.29, 0.717) is 42.7 Å². The average molecular weight is 573 g/mol. The summed E-state index contributed by atoms with van der Waals surface area (Å²) in [6.45, 7) is 3.85. The van der Waals surface area contributed by atoms with E-state index in [4.69, 9.17) is 16.6 Å². The Morgan fingerprint density at radius 3 is 2.63 bits per heavy atom. The fourth-order valence-electron chi connectivity index (χ4n) is 6.49. The molecule has 1 saturated carbocycles. The summed E-state index contributed by atoms with van der Waals surface area (Å²) in [6.07, 6.45) is 8.77. The SMILES string of the molecule is CC1CN(C(=O)C2=NCCC(c3cccc(Cl)c3)C=N2)CCN1C(=O)c1ccc2c(c1)nc(CC1CCCC1)n2C. The number of hydrogen-bond acceptors (Lipinski definition) is 5. The van der Waals surface area contributed by atoms with E-state index < -0.39 is 0 Å². The lowest BCUT2D eigenvalue weighted by Gasteiger charge is -2.39. The number of aromatic nitrogens is 2. The number of piperazine rings is 1. The first-order valence-corrected chi connectivity index (χ1v) is 15.1. The van der Waals surface area contributed by atoms with Gasteiger partial charge in [-0.3, -0.25) is 14.6 Å². The van der Waals surface area contributed by atoms with Gasteiger partial charge in [-0.05, 0) is 55.2 Å². The maximum absolute atomic E-state index is 13.6. The van der Waals surface area contributed by atoms with Crippen LogP contribution in [0.1, 0.15) is 66.7 Å². The van der Waals surface area contributed by atoms with Crippen molar-refractivity contribution < 1.29 is 9.59 Å². The van der Waals surface area contributed by atoms with Crippen LogP contribution < -0.4 is 0 Å². The average Bonchev–Trinajstić information content (AvgIpc) is 3.51. The monoisotopic (exact) mass is 572 g/mol. The standard InChI is InChI=1S/C32H37ClN6O2/c1-21-20-38(32(41)30-34-13-12-25(19-35-30)23-8-5-9-26(33)17-23)14-15-39(21)31(40)24-10-11-28-27(18-24)36-29(37(28)2)16-22-6-3-4-7-22/h5,8-11,17-19,21-22,25H,3-4,6-7,12-16,20H2,1-2H3. The number of carbonyl (C=O) groups excluding carboxylic acids is 2. The number of carbonyl (C=O) groups is 2. The smallest absolute Gasteiger partial charge is 0.291 e. The molecule has 41 heavy (non-hydrogen) atoms. The van der Waals surface area contributed by atoms with Crippen LogP contribution in [0.15, 0.2) is 52.4 Å². The molecule has 1 saturated heterocycles. The quantitative estimate of drug-likeness (QED) is 0.416. The Kier molecular flexibility index (Phi) is 7.93. The van der Waals surface area contributed by atoms with Gasteiger partial charge in [-0.25, -0.2) is 9.98 Å². The molecule has 2 aliphatic heterocycles. The minimum atomic E-state index is -0.184. The molecule has 2 atom stereocenters. The Morgan fingerprint density at radius 1 is 1.02 bits per heavy atom. The van der Waals surface area contributed by atoms with Crippen LogP contribution in [-0.4, -0.2) is 75.4 Å². The van der Waals surface area contributed by atoms with Gasteiger partial charge in [0, 0.05) is 68.4 Å². The molecule has 6 rings (SSSR count). The highest BCUT2D eigenvalue weighted by Crippen LogP contribution is 2.29. The van der Waals surface area contributed by atoms with E-state index in [9.17, 15) is 9.59 Å². The van der Waals surface area contributed by atoms with E-state index in [-0.39, 0.29) is 29.6 Å². The summed E-state index contributed by atoms with van der Waals surface area (Å²) in [5, 5.41) is 0.683. The van der Waals surface area contributed by atoms with Crippen molar-refractivity contribution >= 4 is 46.5 Å². The molecule has 2 unspecified atom stereocenters. The van der Waals surface area contributed by atoms with Crippen molar-refractivity contribution in [2.45, 2.75) is 57.4 Å². The first-order chi connectivity index (χ1) is 19.9. The van der Waals surface area contributed by atoms with Crippen LogP contribution >= 0.6 is 11.6 Å². The van der Waals surface area contributed by atoms with Crippen LogP contribution in [-0.2, 0) is 18.3 Å². The number of rotatable bonds is 5. The lowest BCUT2D eigenvalue weighted by Crippen LogP contribution is -2.56. The summed E-state index contributed by atoms with van der Waals surface area (Å²) in [5.41, 5.74) is 3.63. The maximum Gasteiger partial charge on any atom is 0.291 e. The number of amides is 2. The molecule has 3 heterocycles. The zero-order valence-corrected chi connectivity index (χ0v) is 24.6. The molecule has 2 fully saturated rings. The minimum Gasteiger partial charge on any atom is -0.332 e. The number of aliphatic imine (C=N–C) groups is 2. The van der Waals surface area contributed by atoms with Gasteiger partial charge in [0.05, 0.1) is 11.0 Å². The molecule has 3 aliphatic rings. The first-order valence-electron chi connectivity index (χ1n) is 14.8. The molecule has 2 aromatic carbocycles. The number of halogens is 1. The first kappa shape index (κ1) is 27.6. The fourth-order valence-corrected chi connectivity index (χ4v) is 6.69. The normalized spacial score (nSPS) is 21.8. The number of benzene rings is 2. The van der Waals surface area contributed by atoms with Gasteiger partial charge in [0.15, 0.2) is 0 Å². The summed E-state index contributed by atoms with van der Waals surface area (Å²) < 4.78 is 2.17. The number of aryl methyl sites for hydroxylation is 1. The van der Waals surface area contributed by atoms with Gasteiger partial charge in [0.2, 0.25) is 5.84 Å². The molecule has 0 spiro atoms. The molecule has 9 heteroatoms. The fraction of sp³-hybridized carbons (Fsp3) is 0.469. The molecule has 1 aromatic heterocycles. The zero-order chi connectivity index (χ0) is 28.5. The van der Waals surface area contributed by atoms with Gasteiger partial charge in [0.1, 0.15) is 5.82 Å². The molecule has 0 bridgehead atoms. The number of imidazole rings is 1. The van der Waals surface area contributed by atoms with Gasteiger partial charge in [-0.2, -0.15) is 0 Å². The Morgan fingerprint density at radius 2 is 1.85 bits per heavy atom. The van der Waals surface area contributed by atoms with Crippen LogP contribution in [0.2, 0.25) is 5.02 Å². The van der Waals surface area contributed by atoms with Crippen molar-refractivity contribution in [3.8, 4) is 0 Å². The number of amidine groups is 1. The summed E-state index contributed by atoms with van der Waals surface area (Å²) in [4.78, 5) is 44.4. The molecule has 0 N–H and O–H groups in total. The summed E-state index contributed by atoms with van der Waals surface area (Å²) in [5.74, 6) is 1.90. The van der Waals surface area contributed by atoms with Gasteiger partial charge in [0.25, 0.3) is 11.8 Å². The van der Waals surface area contributed by atoms with Crippen molar-refractivity contribution in [1.82, 2.24) is 19.4 Å². The number of hydrogen-bond donors (Lipinski definition) is 0. The van der Waals surface area contributed by atoms with Crippen LogP contribution in [0.5, 0.6) is 0 Å². The van der Waals surface area contributed by atoms with Gasteiger partial charge >= 0.3 is 0 Å². The topological polar surface area (TPSA) is 83.2 Å². The molecule has 2 amide bonds. The van der Waals surface area contributed by atoms with Crippen molar-refractivity contribution in [3.63, 3.8) is 0 Å². The van der Waals surface area contributed by atoms with Crippen LogP contribution in [0, 0.1) is 5.92 Å². The second-order valence-electron chi connectivity index (χ2n) is 11.7. The van der Waals surface area contributed by atoms with Crippen molar-refractivity contribution in [2.24, 2.45) is 23.0 Å². The lowest BCUT2D eigenvalue weighted by atomic mass is 9.97. The third-order valence-corrected chi connectivity index (χ3v) is 9.12. The van der Waals surface area contributed by atoms with Crippen molar-refractivity contribution in [3.05, 3.63) is 64.4 Å².